The molecule has 1 aliphatic rings. The summed E-state index contributed by atoms with van der Waals surface area (Å²) in [7, 11) is 0. The van der Waals surface area contributed by atoms with Crippen LogP contribution in [-0.2, 0) is 0 Å². The third kappa shape index (κ3) is 3.32. The Hall–Kier alpha value is -2.24. The van der Waals surface area contributed by atoms with Crippen LogP contribution in [-0.4, -0.2) is 15.3 Å². The summed E-state index contributed by atoms with van der Waals surface area (Å²) in [4.78, 5) is 16.8. The number of rotatable bonds is 4. The zero-order valence-corrected chi connectivity index (χ0v) is 14.3. The van der Waals surface area contributed by atoms with Gasteiger partial charge in [0.25, 0.3) is 5.91 Å². The van der Waals surface area contributed by atoms with Crippen LogP contribution in [0.1, 0.15) is 34.7 Å². The van der Waals surface area contributed by atoms with Crippen LogP contribution in [0.5, 0.6) is 0 Å². The van der Waals surface area contributed by atoms with Crippen molar-refractivity contribution in [1.29, 1.82) is 0 Å². The van der Waals surface area contributed by atoms with Gasteiger partial charge in [-0.2, -0.15) is 9.36 Å². The largest absolute Gasteiger partial charge is 0.297 e. The lowest BCUT2D eigenvalue weighted by Gasteiger charge is -2.04. The molecule has 1 amide bonds. The number of carbonyl (C=O) groups excluding carboxylic acids is 1. The van der Waals surface area contributed by atoms with Gasteiger partial charge in [0.05, 0.1) is 0 Å². The van der Waals surface area contributed by atoms with Crippen LogP contribution >= 0.6 is 23.1 Å². The molecule has 4 nitrogen and oxygen atoms in total. The zero-order chi connectivity index (χ0) is 16.5. The molecule has 0 saturated heterocycles. The Labute approximate surface area is 148 Å². The number of nitrogens with zero attached hydrogens (tertiary/aromatic N) is 2. The summed E-state index contributed by atoms with van der Waals surface area (Å²) < 4.78 is 4.29. The van der Waals surface area contributed by atoms with Crippen molar-refractivity contribution in [3.05, 3.63) is 64.7 Å². The van der Waals surface area contributed by atoms with E-state index in [0.717, 1.165) is 17.1 Å². The van der Waals surface area contributed by atoms with E-state index in [0.29, 0.717) is 27.5 Å². The lowest BCUT2D eigenvalue weighted by atomic mass is 10.1. The highest BCUT2D eigenvalue weighted by Crippen LogP contribution is 2.40. The van der Waals surface area contributed by atoms with Crippen LogP contribution in [0.4, 0.5) is 5.13 Å². The van der Waals surface area contributed by atoms with E-state index in [1.165, 1.54) is 18.4 Å². The minimum atomic E-state index is -0.161. The summed E-state index contributed by atoms with van der Waals surface area (Å²) in [5, 5.41) is 3.93. The topological polar surface area (TPSA) is 54.9 Å². The Morgan fingerprint density at radius 3 is 2.79 bits per heavy atom. The first kappa shape index (κ1) is 15.3. The fourth-order valence-electron chi connectivity index (χ4n) is 2.54. The van der Waals surface area contributed by atoms with Gasteiger partial charge in [-0.05, 0) is 48.6 Å². The summed E-state index contributed by atoms with van der Waals surface area (Å²) in [5.41, 5.74) is 2.72. The molecule has 1 aromatic heterocycles. The number of halogens is 1. The quantitative estimate of drug-likeness (QED) is 0.717. The number of hydrogen-bond acceptors (Lipinski definition) is 4. The Kier molecular flexibility index (Phi) is 4.04. The second kappa shape index (κ2) is 6.34. The maximum atomic E-state index is 12.4. The molecule has 4 rings (SSSR count). The van der Waals surface area contributed by atoms with Crippen LogP contribution in [0.2, 0.25) is 5.02 Å². The highest BCUT2D eigenvalue weighted by Gasteiger charge is 2.24. The summed E-state index contributed by atoms with van der Waals surface area (Å²) in [5.74, 6) is 1.02. The molecule has 120 valence electrons. The summed E-state index contributed by atoms with van der Waals surface area (Å²) in [6.07, 6.45) is 2.43. The van der Waals surface area contributed by atoms with Crippen molar-refractivity contribution in [2.45, 2.75) is 18.8 Å². The zero-order valence-electron chi connectivity index (χ0n) is 12.7. The van der Waals surface area contributed by atoms with E-state index in [1.54, 1.807) is 12.1 Å². The average Bonchev–Trinajstić information content (AvgIpc) is 3.35. The summed E-state index contributed by atoms with van der Waals surface area (Å²) >= 11 is 7.15. The van der Waals surface area contributed by atoms with Gasteiger partial charge in [0, 0.05) is 27.7 Å². The molecule has 1 fully saturated rings. The van der Waals surface area contributed by atoms with Crippen LogP contribution in [0, 0.1) is 0 Å². The Balaban J connectivity index is 1.51. The molecule has 0 bridgehead atoms. The molecule has 0 aliphatic heterocycles. The van der Waals surface area contributed by atoms with Gasteiger partial charge >= 0.3 is 0 Å². The normalized spacial score (nSPS) is 13.7. The fourth-order valence-corrected chi connectivity index (χ4v) is 3.31. The molecule has 1 aliphatic carbocycles. The van der Waals surface area contributed by atoms with E-state index < -0.39 is 0 Å². The van der Waals surface area contributed by atoms with Crippen molar-refractivity contribution in [3.8, 4) is 11.4 Å². The number of anilines is 1. The SMILES string of the molecule is O=C(Nc1nc(-c2cccc(Cl)c2)ns1)c1cccc(C2CC2)c1. The second-order valence-electron chi connectivity index (χ2n) is 5.79. The van der Waals surface area contributed by atoms with E-state index >= 15 is 0 Å². The first-order valence-corrected chi connectivity index (χ1v) is 8.85. The standard InChI is InChI=1S/C18H14ClN3OS/c19-15-6-2-4-13(10-15)16-20-18(24-22-16)21-17(23)14-5-1-3-12(9-14)11-7-8-11/h1-6,9-11H,7-8H2,(H,20,21,22,23). The predicted octanol–water partition coefficient (Wildman–Crippen LogP) is 4.99. The summed E-state index contributed by atoms with van der Waals surface area (Å²) in [6, 6.07) is 15.1. The van der Waals surface area contributed by atoms with Crippen molar-refractivity contribution in [2.24, 2.45) is 0 Å². The molecule has 3 aromatic rings. The third-order valence-electron chi connectivity index (χ3n) is 3.93. The molecule has 24 heavy (non-hydrogen) atoms. The van der Waals surface area contributed by atoms with Gasteiger partial charge in [0.2, 0.25) is 5.13 Å². The molecule has 1 saturated carbocycles. The van der Waals surface area contributed by atoms with E-state index in [9.17, 15) is 4.79 Å². The van der Waals surface area contributed by atoms with E-state index in [1.807, 2.05) is 30.3 Å². The minimum absolute atomic E-state index is 0.161. The Bertz CT molecular complexity index is 905. The van der Waals surface area contributed by atoms with Gasteiger partial charge in [-0.1, -0.05) is 35.9 Å². The number of carbonyl (C=O) groups is 1. The molecule has 1 N–H and O–H groups in total. The van der Waals surface area contributed by atoms with Crippen LogP contribution < -0.4 is 5.32 Å². The van der Waals surface area contributed by atoms with Crippen LogP contribution in [0.15, 0.2) is 48.5 Å². The Morgan fingerprint density at radius 2 is 2.00 bits per heavy atom. The Morgan fingerprint density at radius 1 is 1.17 bits per heavy atom. The molecule has 1 heterocycles. The van der Waals surface area contributed by atoms with Crippen molar-refractivity contribution in [1.82, 2.24) is 9.36 Å². The second-order valence-corrected chi connectivity index (χ2v) is 6.98. The van der Waals surface area contributed by atoms with Crippen LogP contribution in [0.3, 0.4) is 0 Å². The van der Waals surface area contributed by atoms with Gasteiger partial charge in [-0.15, -0.1) is 0 Å². The molecule has 6 heteroatoms. The van der Waals surface area contributed by atoms with Gasteiger partial charge in [-0.3, -0.25) is 10.1 Å². The molecule has 0 atom stereocenters. The van der Waals surface area contributed by atoms with Crippen molar-refractivity contribution in [3.63, 3.8) is 0 Å². The number of amides is 1. The van der Waals surface area contributed by atoms with Gasteiger partial charge in [0.15, 0.2) is 5.82 Å². The number of aromatic nitrogens is 2. The van der Waals surface area contributed by atoms with Crippen molar-refractivity contribution in [2.75, 3.05) is 5.32 Å². The third-order valence-corrected chi connectivity index (χ3v) is 4.79. The number of nitrogens with one attached hydrogen (secondary N) is 1. The maximum absolute atomic E-state index is 12.4. The smallest absolute Gasteiger partial charge is 0.257 e. The summed E-state index contributed by atoms with van der Waals surface area (Å²) in [6.45, 7) is 0. The maximum Gasteiger partial charge on any atom is 0.257 e. The highest BCUT2D eigenvalue weighted by atomic mass is 35.5. The number of hydrogen-bond donors (Lipinski definition) is 1. The van der Waals surface area contributed by atoms with E-state index in [4.69, 9.17) is 11.6 Å². The van der Waals surface area contributed by atoms with Gasteiger partial charge < -0.3 is 0 Å². The van der Waals surface area contributed by atoms with Crippen LogP contribution in [0.25, 0.3) is 11.4 Å². The predicted molar refractivity (Wildman–Crippen MR) is 96.7 cm³/mol. The van der Waals surface area contributed by atoms with Crippen molar-refractivity contribution < 1.29 is 4.79 Å². The van der Waals surface area contributed by atoms with Crippen molar-refractivity contribution >= 4 is 34.2 Å². The molecular formula is C18H14ClN3OS. The molecule has 0 unspecified atom stereocenters. The molecule has 0 spiro atoms. The first-order chi connectivity index (χ1) is 11.7. The van der Waals surface area contributed by atoms with E-state index in [-0.39, 0.29) is 5.91 Å². The minimum Gasteiger partial charge on any atom is -0.297 e. The van der Waals surface area contributed by atoms with Gasteiger partial charge in [0.1, 0.15) is 0 Å². The lowest BCUT2D eigenvalue weighted by molar-refractivity contribution is 0.102. The molecule has 2 aromatic carbocycles. The fraction of sp³-hybridized carbons (Fsp3) is 0.167. The van der Waals surface area contributed by atoms with Gasteiger partial charge in [-0.25, -0.2) is 0 Å². The molecular weight excluding hydrogens is 342 g/mol. The lowest BCUT2D eigenvalue weighted by Crippen LogP contribution is -2.11. The monoisotopic (exact) mass is 355 g/mol. The average molecular weight is 356 g/mol. The van der Waals surface area contributed by atoms with E-state index in [2.05, 4.69) is 20.7 Å². The first-order valence-electron chi connectivity index (χ1n) is 7.70. The number of benzene rings is 2. The highest BCUT2D eigenvalue weighted by molar-refractivity contribution is 7.10. The molecule has 0 radical (unpaired) electrons.